The number of aromatic nitrogens is 3. The van der Waals surface area contributed by atoms with Crippen molar-refractivity contribution >= 4 is 87.2 Å². The minimum Gasteiger partial charge on any atom is -0.456 e. The van der Waals surface area contributed by atoms with Gasteiger partial charge in [-0.15, -0.1) is 0 Å². The second-order valence-corrected chi connectivity index (χ2v) is 16.0. The lowest BCUT2D eigenvalue weighted by atomic mass is 9.91. The molecule has 4 aromatic heterocycles. The van der Waals surface area contributed by atoms with Crippen molar-refractivity contribution in [3.8, 4) is 39.6 Å². The molecule has 0 amide bonds. The van der Waals surface area contributed by atoms with Gasteiger partial charge < -0.3 is 13.4 Å². The van der Waals surface area contributed by atoms with Gasteiger partial charge in [0.15, 0.2) is 11.4 Å². The molecular formula is C55H31N3O2. The molecular weight excluding hydrogens is 735 g/mol. The highest BCUT2D eigenvalue weighted by atomic mass is 16.3. The highest BCUT2D eigenvalue weighted by Crippen LogP contribution is 2.48. The quantitative estimate of drug-likeness (QED) is 0.176. The number of hydrogen-bond donors (Lipinski definition) is 0. The number of furan rings is 2. The molecule has 278 valence electrons. The summed E-state index contributed by atoms with van der Waals surface area (Å²) in [6.45, 7) is 0. The highest BCUT2D eigenvalue weighted by molar-refractivity contribution is 6.18. The molecule has 9 aromatic carbocycles. The number of nitrogens with zero attached hydrogens (tertiary/aromatic N) is 3. The zero-order valence-corrected chi connectivity index (χ0v) is 32.1. The fraction of sp³-hybridized carbons (Fsp3) is 0.0182. The van der Waals surface area contributed by atoms with Crippen LogP contribution in [0.1, 0.15) is 11.1 Å². The van der Waals surface area contributed by atoms with Gasteiger partial charge in [0, 0.05) is 61.0 Å². The Hall–Kier alpha value is -8.02. The average Bonchev–Trinajstić information content (AvgIpc) is 3.97. The molecule has 0 saturated heterocycles. The van der Waals surface area contributed by atoms with Gasteiger partial charge in [0.2, 0.25) is 0 Å². The summed E-state index contributed by atoms with van der Waals surface area (Å²) in [5.74, 6) is 0.643. The van der Waals surface area contributed by atoms with Crippen LogP contribution in [0.5, 0.6) is 0 Å². The molecule has 0 saturated carbocycles. The van der Waals surface area contributed by atoms with Crippen molar-refractivity contribution in [2.24, 2.45) is 0 Å². The maximum atomic E-state index is 7.02. The number of rotatable bonds is 2. The van der Waals surface area contributed by atoms with Crippen LogP contribution in [0, 0.1) is 0 Å². The summed E-state index contributed by atoms with van der Waals surface area (Å²) < 4.78 is 15.9. The smallest absolute Gasteiger partial charge is 0.161 e. The van der Waals surface area contributed by atoms with E-state index in [4.69, 9.17) is 18.8 Å². The molecule has 5 nitrogen and oxygen atoms in total. The minimum atomic E-state index is 0.629. The van der Waals surface area contributed by atoms with E-state index in [1.54, 1.807) is 0 Å². The lowest BCUT2D eigenvalue weighted by Crippen LogP contribution is -2.06. The lowest BCUT2D eigenvalue weighted by molar-refractivity contribution is 0.666. The second-order valence-electron chi connectivity index (χ2n) is 16.0. The van der Waals surface area contributed by atoms with Crippen LogP contribution >= 0.6 is 0 Å². The number of hydrogen-bond acceptors (Lipinski definition) is 4. The normalized spacial score (nSPS) is 12.6. The van der Waals surface area contributed by atoms with Gasteiger partial charge >= 0.3 is 0 Å². The van der Waals surface area contributed by atoms with Gasteiger partial charge in [-0.05, 0) is 75.6 Å². The molecule has 0 N–H and O–H groups in total. The van der Waals surface area contributed by atoms with Crippen LogP contribution in [0.2, 0.25) is 0 Å². The summed E-state index contributed by atoms with van der Waals surface area (Å²) in [7, 11) is 0. The summed E-state index contributed by atoms with van der Waals surface area (Å²) in [5, 5.41) is 11.3. The summed E-state index contributed by atoms with van der Waals surface area (Å²) in [5.41, 5.74) is 13.6. The Balaban J connectivity index is 1.19. The van der Waals surface area contributed by atoms with E-state index < -0.39 is 0 Å². The van der Waals surface area contributed by atoms with Crippen LogP contribution in [0.3, 0.4) is 0 Å². The van der Waals surface area contributed by atoms with E-state index in [1.165, 1.54) is 27.1 Å². The van der Waals surface area contributed by atoms with Gasteiger partial charge in [-0.3, -0.25) is 0 Å². The van der Waals surface area contributed by atoms with Gasteiger partial charge in [0.05, 0.1) is 28.1 Å². The summed E-state index contributed by atoms with van der Waals surface area (Å²) >= 11 is 0. The fourth-order valence-electron chi connectivity index (χ4n) is 10.1. The van der Waals surface area contributed by atoms with E-state index in [-0.39, 0.29) is 0 Å². The van der Waals surface area contributed by atoms with Gasteiger partial charge in [0.1, 0.15) is 16.7 Å². The van der Waals surface area contributed by atoms with Crippen molar-refractivity contribution in [1.29, 1.82) is 0 Å². The maximum absolute atomic E-state index is 7.02. The van der Waals surface area contributed by atoms with Crippen molar-refractivity contribution in [2.45, 2.75) is 6.42 Å². The topological polar surface area (TPSA) is 57.0 Å². The van der Waals surface area contributed by atoms with Crippen molar-refractivity contribution in [3.05, 3.63) is 187 Å². The first-order valence-electron chi connectivity index (χ1n) is 20.4. The zero-order chi connectivity index (χ0) is 39.1. The molecule has 5 heteroatoms. The number of fused-ring (bicyclic) bond motifs is 17. The third-order valence-electron chi connectivity index (χ3n) is 12.8. The van der Waals surface area contributed by atoms with Crippen molar-refractivity contribution in [3.63, 3.8) is 0 Å². The molecule has 0 atom stereocenters. The lowest BCUT2D eigenvalue weighted by Gasteiger charge is -2.20. The van der Waals surface area contributed by atoms with Crippen molar-refractivity contribution in [1.82, 2.24) is 14.5 Å². The van der Waals surface area contributed by atoms with E-state index in [1.807, 2.05) is 30.3 Å². The molecule has 0 aliphatic carbocycles. The molecule has 2 bridgehead atoms. The van der Waals surface area contributed by atoms with E-state index >= 15 is 0 Å². The number of benzene rings is 9. The van der Waals surface area contributed by atoms with Crippen LogP contribution in [0.25, 0.3) is 127 Å². The molecule has 1 aliphatic rings. The third-order valence-corrected chi connectivity index (χ3v) is 12.8. The Bertz CT molecular complexity index is 3990. The van der Waals surface area contributed by atoms with Crippen LogP contribution in [-0.4, -0.2) is 14.5 Å². The molecule has 0 unspecified atom stereocenters. The predicted molar refractivity (Wildman–Crippen MR) is 245 cm³/mol. The first kappa shape index (κ1) is 32.0. The monoisotopic (exact) mass is 765 g/mol. The van der Waals surface area contributed by atoms with Gasteiger partial charge in [-0.2, -0.15) is 0 Å². The van der Waals surface area contributed by atoms with Crippen molar-refractivity contribution in [2.75, 3.05) is 0 Å². The van der Waals surface area contributed by atoms with Crippen molar-refractivity contribution < 1.29 is 8.83 Å². The predicted octanol–water partition coefficient (Wildman–Crippen LogP) is 14.6. The maximum Gasteiger partial charge on any atom is 0.161 e. The Morgan fingerprint density at radius 2 is 1.05 bits per heavy atom. The molecule has 0 radical (unpaired) electrons. The van der Waals surface area contributed by atoms with E-state index in [0.29, 0.717) is 12.2 Å². The zero-order valence-electron chi connectivity index (χ0n) is 32.1. The Morgan fingerprint density at radius 3 is 1.92 bits per heavy atom. The molecule has 5 heterocycles. The van der Waals surface area contributed by atoms with E-state index in [0.717, 1.165) is 105 Å². The Kier molecular flexibility index (Phi) is 6.28. The standard InChI is InChI=1S/C55H31N3O2/c1-2-13-34-30-46-43(29-33(34)12-1)36-24-23-31-27-44-51(38-18-9-14-32-11-3-4-15-35(32)38)56-55(41-19-10-22-49-50(41)40-17-6-8-21-48(40)59-49)57-52(44)42-26-25-39-37-16-5-7-20-47(37)60-54(39)53(42)58(46)45(36)28-31/h1-26,28-30H,27H2. The van der Waals surface area contributed by atoms with Crippen LogP contribution < -0.4 is 0 Å². The molecule has 0 spiro atoms. The fourth-order valence-corrected chi connectivity index (χ4v) is 10.1. The molecule has 0 fully saturated rings. The highest BCUT2D eigenvalue weighted by Gasteiger charge is 2.29. The van der Waals surface area contributed by atoms with Crippen LogP contribution in [0.4, 0.5) is 0 Å². The SMILES string of the molecule is c1ccc2cc3c(cc2c1)c1ccc2cc1n3-c1c(ccc3c1oc1ccccc13)-c1nc(-c3cccc4oc5ccccc5c34)nc(-c3cccc4ccccc34)c1C2. The summed E-state index contributed by atoms with van der Waals surface area (Å²) in [6.07, 6.45) is 0.629. The molecule has 13 aromatic rings. The molecule has 14 rings (SSSR count). The first-order chi connectivity index (χ1) is 29.7. The minimum absolute atomic E-state index is 0.629. The average molecular weight is 766 g/mol. The van der Waals surface area contributed by atoms with Gasteiger partial charge in [-0.1, -0.05) is 127 Å². The van der Waals surface area contributed by atoms with Crippen LogP contribution in [0.15, 0.2) is 185 Å². The summed E-state index contributed by atoms with van der Waals surface area (Å²) in [4.78, 5) is 11.4. The van der Waals surface area contributed by atoms with E-state index in [2.05, 4.69) is 150 Å². The Labute approximate surface area is 342 Å². The Morgan fingerprint density at radius 1 is 0.417 bits per heavy atom. The summed E-state index contributed by atoms with van der Waals surface area (Å²) in [6, 6.07) is 62.7. The first-order valence-corrected chi connectivity index (χ1v) is 20.4. The largest absolute Gasteiger partial charge is 0.456 e. The third kappa shape index (κ3) is 4.35. The molecule has 1 aliphatic heterocycles. The number of para-hydroxylation sites is 2. The van der Waals surface area contributed by atoms with Gasteiger partial charge in [-0.25, -0.2) is 9.97 Å². The van der Waals surface area contributed by atoms with Gasteiger partial charge in [0.25, 0.3) is 0 Å². The van der Waals surface area contributed by atoms with Crippen LogP contribution in [-0.2, 0) is 6.42 Å². The molecule has 60 heavy (non-hydrogen) atoms. The second kappa shape index (κ2) is 11.8. The van der Waals surface area contributed by atoms with E-state index in [9.17, 15) is 0 Å².